The Morgan fingerprint density at radius 3 is 2.37 bits per heavy atom. The van der Waals surface area contributed by atoms with Gasteiger partial charge in [0, 0.05) is 4.47 Å². The standard InChI is InChI=1S/C15H22BrNO2/c1-4-13(11-5-7-12(16)8-6-11)17-15(19)9-14(18)10(2)3/h5-8,10,13-14,18H,4,9H2,1-3H3,(H,17,19). The smallest absolute Gasteiger partial charge is 0.223 e. The first-order valence-corrected chi connectivity index (χ1v) is 7.46. The maximum Gasteiger partial charge on any atom is 0.223 e. The molecular formula is C15H22BrNO2. The van der Waals surface area contributed by atoms with Crippen molar-refractivity contribution in [1.29, 1.82) is 0 Å². The molecule has 19 heavy (non-hydrogen) atoms. The second-order valence-corrected chi connectivity index (χ2v) is 6.01. The molecular weight excluding hydrogens is 306 g/mol. The summed E-state index contributed by atoms with van der Waals surface area (Å²) in [6, 6.07) is 7.93. The molecule has 4 heteroatoms. The van der Waals surface area contributed by atoms with Gasteiger partial charge >= 0.3 is 0 Å². The molecule has 2 unspecified atom stereocenters. The number of halogens is 1. The molecule has 0 radical (unpaired) electrons. The highest BCUT2D eigenvalue weighted by atomic mass is 79.9. The Morgan fingerprint density at radius 1 is 1.32 bits per heavy atom. The molecule has 0 heterocycles. The van der Waals surface area contributed by atoms with Gasteiger partial charge in [-0.25, -0.2) is 0 Å². The van der Waals surface area contributed by atoms with Gasteiger partial charge in [0.1, 0.15) is 0 Å². The van der Waals surface area contributed by atoms with Crippen LogP contribution in [0.3, 0.4) is 0 Å². The highest BCUT2D eigenvalue weighted by Crippen LogP contribution is 2.19. The van der Waals surface area contributed by atoms with E-state index in [-0.39, 0.29) is 24.3 Å². The lowest BCUT2D eigenvalue weighted by Crippen LogP contribution is -2.32. The van der Waals surface area contributed by atoms with Crippen molar-refractivity contribution in [3.8, 4) is 0 Å². The molecule has 2 atom stereocenters. The van der Waals surface area contributed by atoms with Crippen LogP contribution in [-0.4, -0.2) is 17.1 Å². The molecule has 0 saturated carbocycles. The van der Waals surface area contributed by atoms with Crippen molar-refractivity contribution in [3.63, 3.8) is 0 Å². The van der Waals surface area contributed by atoms with Crippen LogP contribution < -0.4 is 5.32 Å². The van der Waals surface area contributed by atoms with Crippen molar-refractivity contribution in [2.24, 2.45) is 5.92 Å². The number of hydrogen-bond acceptors (Lipinski definition) is 2. The number of aliphatic hydroxyl groups is 1. The Balaban J connectivity index is 2.62. The normalized spacial score (nSPS) is 14.2. The molecule has 0 fully saturated rings. The lowest BCUT2D eigenvalue weighted by atomic mass is 10.0. The largest absolute Gasteiger partial charge is 0.392 e. The van der Waals surface area contributed by atoms with Gasteiger partial charge in [-0.3, -0.25) is 4.79 Å². The van der Waals surface area contributed by atoms with E-state index in [4.69, 9.17) is 0 Å². The molecule has 1 rings (SSSR count). The van der Waals surface area contributed by atoms with Crippen LogP contribution in [0.15, 0.2) is 28.7 Å². The predicted octanol–water partition coefficient (Wildman–Crippen LogP) is 3.42. The van der Waals surface area contributed by atoms with E-state index < -0.39 is 6.10 Å². The molecule has 0 bridgehead atoms. The zero-order valence-electron chi connectivity index (χ0n) is 11.7. The first kappa shape index (κ1) is 16.2. The van der Waals surface area contributed by atoms with Gasteiger partial charge in [-0.15, -0.1) is 0 Å². The molecule has 1 amide bonds. The van der Waals surface area contributed by atoms with E-state index in [1.54, 1.807) is 0 Å². The van der Waals surface area contributed by atoms with Crippen molar-refractivity contribution < 1.29 is 9.90 Å². The summed E-state index contributed by atoms with van der Waals surface area (Å²) >= 11 is 3.40. The fraction of sp³-hybridized carbons (Fsp3) is 0.533. The number of aliphatic hydroxyl groups excluding tert-OH is 1. The molecule has 1 aromatic carbocycles. The third kappa shape index (κ3) is 5.33. The Labute approximate surface area is 123 Å². The van der Waals surface area contributed by atoms with Crippen molar-refractivity contribution in [3.05, 3.63) is 34.3 Å². The molecule has 0 aromatic heterocycles. The Morgan fingerprint density at radius 2 is 1.89 bits per heavy atom. The van der Waals surface area contributed by atoms with Crippen LogP contribution in [0.25, 0.3) is 0 Å². The fourth-order valence-corrected chi connectivity index (χ4v) is 2.06. The summed E-state index contributed by atoms with van der Waals surface area (Å²) in [6.07, 6.45) is 0.401. The lowest BCUT2D eigenvalue weighted by Gasteiger charge is -2.20. The molecule has 106 valence electrons. The topological polar surface area (TPSA) is 49.3 Å². The number of hydrogen-bond donors (Lipinski definition) is 2. The first-order valence-electron chi connectivity index (χ1n) is 6.67. The number of nitrogens with one attached hydrogen (secondary N) is 1. The maximum absolute atomic E-state index is 11.9. The van der Waals surface area contributed by atoms with Gasteiger partial charge in [0.2, 0.25) is 5.91 Å². The van der Waals surface area contributed by atoms with Gasteiger partial charge in [-0.1, -0.05) is 48.8 Å². The summed E-state index contributed by atoms with van der Waals surface area (Å²) in [5.41, 5.74) is 1.08. The van der Waals surface area contributed by atoms with E-state index in [0.29, 0.717) is 0 Å². The number of carbonyl (C=O) groups excluding carboxylic acids is 1. The van der Waals surface area contributed by atoms with Gasteiger partial charge in [0.15, 0.2) is 0 Å². The average Bonchev–Trinajstić information content (AvgIpc) is 2.37. The molecule has 2 N–H and O–H groups in total. The maximum atomic E-state index is 11.9. The molecule has 3 nitrogen and oxygen atoms in total. The van der Waals surface area contributed by atoms with Crippen LogP contribution in [0.5, 0.6) is 0 Å². The van der Waals surface area contributed by atoms with Crippen molar-refractivity contribution in [2.45, 2.75) is 45.8 Å². The number of amides is 1. The van der Waals surface area contributed by atoms with Crippen LogP contribution in [0.2, 0.25) is 0 Å². The monoisotopic (exact) mass is 327 g/mol. The fourth-order valence-electron chi connectivity index (χ4n) is 1.80. The number of rotatable bonds is 6. The third-order valence-electron chi connectivity index (χ3n) is 3.18. The molecule has 0 aliphatic heterocycles. The minimum Gasteiger partial charge on any atom is -0.392 e. The molecule has 0 aliphatic carbocycles. The molecule has 0 saturated heterocycles. The summed E-state index contributed by atoms with van der Waals surface area (Å²) in [7, 11) is 0. The highest BCUT2D eigenvalue weighted by molar-refractivity contribution is 9.10. The zero-order valence-corrected chi connectivity index (χ0v) is 13.3. The molecule has 0 aliphatic rings. The molecule has 0 spiro atoms. The number of carbonyl (C=O) groups is 1. The predicted molar refractivity (Wildman–Crippen MR) is 80.8 cm³/mol. The van der Waals surface area contributed by atoms with E-state index in [2.05, 4.69) is 21.2 Å². The minimum absolute atomic E-state index is 0.0000350. The second-order valence-electron chi connectivity index (χ2n) is 5.10. The summed E-state index contributed by atoms with van der Waals surface area (Å²) in [5, 5.41) is 12.7. The average molecular weight is 328 g/mol. The first-order chi connectivity index (χ1) is 8.93. The SMILES string of the molecule is CCC(NC(=O)CC(O)C(C)C)c1ccc(Br)cc1. The van der Waals surface area contributed by atoms with Crippen molar-refractivity contribution >= 4 is 21.8 Å². The summed E-state index contributed by atoms with van der Waals surface area (Å²) in [5.74, 6) is -0.00511. The van der Waals surface area contributed by atoms with Crippen molar-refractivity contribution in [1.82, 2.24) is 5.32 Å². The highest BCUT2D eigenvalue weighted by Gasteiger charge is 2.17. The van der Waals surface area contributed by atoms with Gasteiger partial charge < -0.3 is 10.4 Å². The zero-order chi connectivity index (χ0) is 14.4. The third-order valence-corrected chi connectivity index (χ3v) is 3.71. The van der Waals surface area contributed by atoms with E-state index in [1.165, 1.54) is 0 Å². The Hall–Kier alpha value is -0.870. The van der Waals surface area contributed by atoms with Gasteiger partial charge in [-0.2, -0.15) is 0 Å². The van der Waals surface area contributed by atoms with Crippen LogP contribution in [0, 0.1) is 5.92 Å². The van der Waals surface area contributed by atoms with Gasteiger partial charge in [0.05, 0.1) is 18.6 Å². The summed E-state index contributed by atoms with van der Waals surface area (Å²) in [4.78, 5) is 11.9. The van der Waals surface area contributed by atoms with E-state index >= 15 is 0 Å². The number of benzene rings is 1. The summed E-state index contributed by atoms with van der Waals surface area (Å²) < 4.78 is 1.02. The quantitative estimate of drug-likeness (QED) is 0.841. The summed E-state index contributed by atoms with van der Waals surface area (Å²) in [6.45, 7) is 5.85. The lowest BCUT2D eigenvalue weighted by molar-refractivity contribution is -0.124. The van der Waals surface area contributed by atoms with Crippen molar-refractivity contribution in [2.75, 3.05) is 0 Å². The molecule has 1 aromatic rings. The van der Waals surface area contributed by atoms with Crippen LogP contribution in [0.4, 0.5) is 0 Å². The van der Waals surface area contributed by atoms with E-state index in [9.17, 15) is 9.90 Å². The van der Waals surface area contributed by atoms with Crippen LogP contribution in [0.1, 0.15) is 45.2 Å². The van der Waals surface area contributed by atoms with Crippen LogP contribution >= 0.6 is 15.9 Å². The van der Waals surface area contributed by atoms with Gasteiger partial charge in [0.25, 0.3) is 0 Å². The van der Waals surface area contributed by atoms with Gasteiger partial charge in [-0.05, 0) is 30.0 Å². The minimum atomic E-state index is -0.581. The Kier molecular flexibility index (Phi) is 6.52. The Bertz CT molecular complexity index is 403. The van der Waals surface area contributed by atoms with Crippen LogP contribution in [-0.2, 0) is 4.79 Å². The van der Waals surface area contributed by atoms with E-state index in [1.807, 2.05) is 45.0 Å². The van der Waals surface area contributed by atoms with E-state index in [0.717, 1.165) is 16.5 Å². The second kappa shape index (κ2) is 7.65.